The van der Waals surface area contributed by atoms with Crippen LogP contribution in [0.25, 0.3) is 0 Å². The number of hydrogen-bond acceptors (Lipinski definition) is 4. The smallest absolute Gasteiger partial charge is 0.263 e. The number of nitrogens with one attached hydrogen (secondary N) is 2. The first-order valence-corrected chi connectivity index (χ1v) is 7.36. The van der Waals surface area contributed by atoms with Crippen molar-refractivity contribution in [1.82, 2.24) is 5.32 Å². The summed E-state index contributed by atoms with van der Waals surface area (Å²) in [6, 6.07) is 11.7. The summed E-state index contributed by atoms with van der Waals surface area (Å²) in [5.41, 5.74) is 0.936. The average Bonchev–Trinajstić information content (AvgIpc) is 2.90. The number of rotatable bonds is 3. The van der Waals surface area contributed by atoms with E-state index in [4.69, 9.17) is 4.74 Å². The van der Waals surface area contributed by atoms with Crippen LogP contribution in [-0.4, -0.2) is 18.6 Å². The fourth-order valence-electron chi connectivity index (χ4n) is 2.13. The van der Waals surface area contributed by atoms with Gasteiger partial charge in [0.1, 0.15) is 5.75 Å². The summed E-state index contributed by atoms with van der Waals surface area (Å²) in [5, 5.41) is 6.13. The molecule has 1 aromatic carbocycles. The van der Waals surface area contributed by atoms with Crippen LogP contribution in [0, 0.1) is 6.92 Å². The third-order valence-electron chi connectivity index (χ3n) is 3.16. The predicted molar refractivity (Wildman–Crippen MR) is 80.3 cm³/mol. The van der Waals surface area contributed by atoms with Gasteiger partial charge in [0.05, 0.1) is 18.8 Å². The fourth-order valence-corrected chi connectivity index (χ4v) is 2.96. The van der Waals surface area contributed by atoms with Gasteiger partial charge in [-0.05, 0) is 31.2 Å². The number of thiophene rings is 1. The van der Waals surface area contributed by atoms with Crippen molar-refractivity contribution in [3.8, 4) is 5.75 Å². The van der Waals surface area contributed by atoms with Crippen molar-refractivity contribution in [1.29, 1.82) is 0 Å². The summed E-state index contributed by atoms with van der Waals surface area (Å²) in [7, 11) is 0. The van der Waals surface area contributed by atoms with Gasteiger partial charge in [-0.25, -0.2) is 0 Å². The topological polar surface area (TPSA) is 50.4 Å². The molecule has 2 aromatic rings. The number of benzene rings is 1. The van der Waals surface area contributed by atoms with E-state index in [1.165, 1.54) is 4.88 Å². The van der Waals surface area contributed by atoms with E-state index in [0.29, 0.717) is 13.1 Å². The molecule has 0 aliphatic carbocycles. The van der Waals surface area contributed by atoms with Gasteiger partial charge in [0, 0.05) is 9.75 Å². The Bertz CT molecular complexity index is 624. The van der Waals surface area contributed by atoms with Crippen molar-refractivity contribution < 1.29 is 9.53 Å². The molecule has 1 atom stereocenters. The van der Waals surface area contributed by atoms with Crippen LogP contribution in [0.1, 0.15) is 9.75 Å². The molecule has 1 aliphatic heterocycles. The molecule has 20 heavy (non-hydrogen) atoms. The van der Waals surface area contributed by atoms with E-state index in [0.717, 1.165) is 16.3 Å². The molecule has 0 saturated heterocycles. The van der Waals surface area contributed by atoms with Crippen LogP contribution in [0.15, 0.2) is 36.4 Å². The largest absolute Gasteiger partial charge is 0.477 e. The van der Waals surface area contributed by atoms with E-state index in [-0.39, 0.29) is 5.91 Å². The van der Waals surface area contributed by atoms with Gasteiger partial charge in [0.25, 0.3) is 5.91 Å². The van der Waals surface area contributed by atoms with Gasteiger partial charge in [-0.15, -0.1) is 11.3 Å². The van der Waals surface area contributed by atoms with Crippen molar-refractivity contribution in [2.24, 2.45) is 0 Å². The van der Waals surface area contributed by atoms with E-state index >= 15 is 0 Å². The van der Waals surface area contributed by atoms with Crippen LogP contribution in [0.5, 0.6) is 5.75 Å². The summed E-state index contributed by atoms with van der Waals surface area (Å²) in [6.07, 6.45) is -0.481. The lowest BCUT2D eigenvalue weighted by atomic mass is 10.2. The van der Waals surface area contributed by atoms with Crippen LogP contribution < -0.4 is 15.4 Å². The number of anilines is 1. The lowest BCUT2D eigenvalue weighted by Gasteiger charge is -2.26. The van der Waals surface area contributed by atoms with Crippen molar-refractivity contribution in [2.75, 3.05) is 11.9 Å². The number of carbonyl (C=O) groups is 1. The van der Waals surface area contributed by atoms with Gasteiger partial charge >= 0.3 is 0 Å². The number of ether oxygens (including phenoxy) is 1. The van der Waals surface area contributed by atoms with Crippen molar-refractivity contribution in [2.45, 2.75) is 19.6 Å². The summed E-state index contributed by atoms with van der Waals surface area (Å²) in [6.45, 7) is 3.10. The zero-order valence-corrected chi connectivity index (χ0v) is 12.0. The molecule has 5 heteroatoms. The molecule has 0 spiro atoms. The maximum atomic E-state index is 12.1. The standard InChI is InChI=1S/C15H16N2O2S/c1-10-6-7-11(20-10)8-17-15(18)14-9-16-12-4-2-3-5-13(12)19-14/h2-7,14,16H,8-9H2,1H3,(H,17,18). The van der Waals surface area contributed by atoms with Crippen LogP contribution >= 0.6 is 11.3 Å². The summed E-state index contributed by atoms with van der Waals surface area (Å²) in [4.78, 5) is 14.5. The molecule has 1 amide bonds. The molecular formula is C15H16N2O2S. The minimum Gasteiger partial charge on any atom is -0.477 e. The van der Waals surface area contributed by atoms with Gasteiger partial charge in [-0.2, -0.15) is 0 Å². The first kappa shape index (κ1) is 13.0. The Hall–Kier alpha value is -2.01. The Morgan fingerprint density at radius 2 is 2.25 bits per heavy atom. The van der Waals surface area contributed by atoms with Crippen molar-refractivity contribution >= 4 is 22.9 Å². The molecule has 4 nitrogen and oxygen atoms in total. The Kier molecular flexibility index (Phi) is 3.60. The minimum absolute atomic E-state index is 0.0851. The predicted octanol–water partition coefficient (Wildman–Crippen LogP) is 2.55. The molecule has 104 valence electrons. The van der Waals surface area contributed by atoms with Gasteiger partial charge < -0.3 is 15.4 Å². The normalized spacial score (nSPS) is 16.8. The first-order chi connectivity index (χ1) is 9.72. The Morgan fingerprint density at radius 3 is 3.05 bits per heavy atom. The maximum Gasteiger partial charge on any atom is 0.263 e. The molecule has 0 fully saturated rings. The molecule has 1 aromatic heterocycles. The van der Waals surface area contributed by atoms with Crippen LogP contribution in [0.4, 0.5) is 5.69 Å². The molecule has 2 N–H and O–H groups in total. The summed E-state index contributed by atoms with van der Waals surface area (Å²) < 4.78 is 5.72. The molecule has 3 rings (SSSR count). The van der Waals surface area contributed by atoms with E-state index in [2.05, 4.69) is 23.6 Å². The number of para-hydroxylation sites is 2. The first-order valence-electron chi connectivity index (χ1n) is 6.55. The number of fused-ring (bicyclic) bond motifs is 1. The van der Waals surface area contributed by atoms with Gasteiger partial charge in [-0.3, -0.25) is 4.79 Å². The summed E-state index contributed by atoms with van der Waals surface area (Å²) >= 11 is 1.69. The molecule has 1 unspecified atom stereocenters. The van der Waals surface area contributed by atoms with E-state index in [1.54, 1.807) is 11.3 Å². The van der Waals surface area contributed by atoms with Gasteiger partial charge in [0.15, 0.2) is 6.10 Å². The Balaban J connectivity index is 1.59. The van der Waals surface area contributed by atoms with E-state index in [9.17, 15) is 4.79 Å². The third kappa shape index (κ3) is 2.77. The summed E-state index contributed by atoms with van der Waals surface area (Å²) in [5.74, 6) is 0.643. The monoisotopic (exact) mass is 288 g/mol. The van der Waals surface area contributed by atoms with Crippen LogP contribution in [-0.2, 0) is 11.3 Å². The van der Waals surface area contributed by atoms with E-state index < -0.39 is 6.10 Å². The zero-order chi connectivity index (χ0) is 13.9. The second kappa shape index (κ2) is 5.54. The second-order valence-electron chi connectivity index (χ2n) is 4.71. The van der Waals surface area contributed by atoms with Crippen LogP contribution in [0.2, 0.25) is 0 Å². The highest BCUT2D eigenvalue weighted by Crippen LogP contribution is 2.28. The van der Waals surface area contributed by atoms with E-state index in [1.807, 2.05) is 30.3 Å². The third-order valence-corrected chi connectivity index (χ3v) is 4.16. The second-order valence-corrected chi connectivity index (χ2v) is 6.09. The minimum atomic E-state index is -0.481. The zero-order valence-electron chi connectivity index (χ0n) is 11.2. The van der Waals surface area contributed by atoms with Crippen LogP contribution in [0.3, 0.4) is 0 Å². The number of amides is 1. The number of hydrogen-bond donors (Lipinski definition) is 2. The molecular weight excluding hydrogens is 272 g/mol. The van der Waals surface area contributed by atoms with Gasteiger partial charge in [-0.1, -0.05) is 12.1 Å². The highest BCUT2D eigenvalue weighted by Gasteiger charge is 2.25. The lowest BCUT2D eigenvalue weighted by molar-refractivity contribution is -0.127. The highest BCUT2D eigenvalue weighted by atomic mass is 32.1. The SMILES string of the molecule is Cc1ccc(CNC(=O)C2CNc3ccccc3O2)s1. The Morgan fingerprint density at radius 1 is 1.40 bits per heavy atom. The molecule has 0 radical (unpaired) electrons. The highest BCUT2D eigenvalue weighted by molar-refractivity contribution is 7.11. The Labute approximate surface area is 121 Å². The number of aryl methyl sites for hydroxylation is 1. The molecule has 0 bridgehead atoms. The molecule has 1 aliphatic rings. The van der Waals surface area contributed by atoms with Gasteiger partial charge in [0.2, 0.25) is 0 Å². The molecule has 0 saturated carbocycles. The molecule has 2 heterocycles. The van der Waals surface area contributed by atoms with Crippen molar-refractivity contribution in [3.63, 3.8) is 0 Å². The fraction of sp³-hybridized carbons (Fsp3) is 0.267. The maximum absolute atomic E-state index is 12.1. The average molecular weight is 288 g/mol. The quantitative estimate of drug-likeness (QED) is 0.912. The number of carbonyl (C=O) groups excluding carboxylic acids is 1. The lowest BCUT2D eigenvalue weighted by Crippen LogP contribution is -2.44. The van der Waals surface area contributed by atoms with Crippen molar-refractivity contribution in [3.05, 3.63) is 46.2 Å².